The Hall–Kier alpha value is -2.16. The smallest absolute Gasteiger partial charge is 0.242 e. The molecule has 0 spiro atoms. The van der Waals surface area contributed by atoms with Gasteiger partial charge in [0.2, 0.25) is 23.6 Å². The van der Waals surface area contributed by atoms with E-state index in [4.69, 9.17) is 11.5 Å². The van der Waals surface area contributed by atoms with Gasteiger partial charge in [-0.05, 0) is 38.5 Å². The zero-order valence-electron chi connectivity index (χ0n) is 23.9. The van der Waals surface area contributed by atoms with Crippen molar-refractivity contribution in [1.82, 2.24) is 16.0 Å². The molecule has 0 heterocycles. The molecule has 4 amide bonds. The van der Waals surface area contributed by atoms with Gasteiger partial charge in [-0.1, -0.05) is 85.5 Å². The molecule has 4 unspecified atom stereocenters. The van der Waals surface area contributed by atoms with Crippen LogP contribution in [0.5, 0.6) is 0 Å². The van der Waals surface area contributed by atoms with E-state index in [0.29, 0.717) is 38.6 Å². The summed E-state index contributed by atoms with van der Waals surface area (Å²) >= 11 is 0. The minimum atomic E-state index is -0.782. The number of carbonyl (C=O) groups excluding carboxylic acids is 4. The normalized spacial score (nSPS) is 14.3. The minimum absolute atomic E-state index is 0.0688. The summed E-state index contributed by atoms with van der Waals surface area (Å²) in [5, 5.41) is 8.54. The lowest BCUT2D eigenvalue weighted by molar-refractivity contribution is -0.131. The predicted molar refractivity (Wildman–Crippen MR) is 149 cm³/mol. The Morgan fingerprint density at radius 1 is 0.622 bits per heavy atom. The number of nitrogens with two attached hydrogens (primary N) is 2. The highest BCUT2D eigenvalue weighted by atomic mass is 16.2. The van der Waals surface area contributed by atoms with Crippen LogP contribution >= 0.6 is 0 Å². The third kappa shape index (κ3) is 17.1. The number of amides is 4. The van der Waals surface area contributed by atoms with Gasteiger partial charge in [0.05, 0.1) is 6.04 Å². The third-order valence-electron chi connectivity index (χ3n) is 6.75. The van der Waals surface area contributed by atoms with Crippen LogP contribution in [0.15, 0.2) is 0 Å². The van der Waals surface area contributed by atoms with Gasteiger partial charge in [-0.3, -0.25) is 19.2 Å². The second-order valence-corrected chi connectivity index (χ2v) is 10.3. The quantitative estimate of drug-likeness (QED) is 0.129. The first kappa shape index (κ1) is 34.8. The molecule has 0 aromatic carbocycles. The first-order valence-electron chi connectivity index (χ1n) is 14.6. The van der Waals surface area contributed by atoms with Crippen molar-refractivity contribution in [3.63, 3.8) is 0 Å². The first-order chi connectivity index (χ1) is 17.7. The second kappa shape index (κ2) is 21.9. The van der Waals surface area contributed by atoms with Crippen molar-refractivity contribution in [1.29, 1.82) is 0 Å². The molecule has 0 aromatic rings. The van der Waals surface area contributed by atoms with Gasteiger partial charge >= 0.3 is 0 Å². The van der Waals surface area contributed by atoms with Crippen molar-refractivity contribution < 1.29 is 19.2 Å². The number of primary amides is 1. The molecule has 0 radical (unpaired) electrons. The van der Waals surface area contributed by atoms with Crippen LogP contribution in [0.25, 0.3) is 0 Å². The number of hydrogen-bond donors (Lipinski definition) is 5. The van der Waals surface area contributed by atoms with E-state index in [1.807, 2.05) is 6.92 Å². The monoisotopic (exact) mass is 525 g/mol. The predicted octanol–water partition coefficient (Wildman–Crippen LogP) is 3.43. The van der Waals surface area contributed by atoms with E-state index in [-0.39, 0.29) is 23.6 Å². The standard InChI is InChI=1S/C28H55N5O4/c1-5-8-11-16-21(4)26(35)33-24(19-13-10-7-3)28(37)31-20-15-14-18-23(25(30)34)32-27(36)22(29)17-12-9-6-2/h21-24H,5-20,29H2,1-4H3,(H2,30,34)(H,31,37)(H,32,36)(H,33,35). The molecule has 9 heteroatoms. The Balaban J connectivity index is 4.60. The molecule has 7 N–H and O–H groups in total. The van der Waals surface area contributed by atoms with Crippen LogP contribution in [0.1, 0.15) is 124 Å². The number of unbranched alkanes of at least 4 members (excludes halogenated alkanes) is 7. The van der Waals surface area contributed by atoms with Gasteiger partial charge in [0, 0.05) is 12.5 Å². The van der Waals surface area contributed by atoms with Crippen molar-refractivity contribution in [2.24, 2.45) is 17.4 Å². The summed E-state index contributed by atoms with van der Waals surface area (Å²) in [6.07, 6.45) is 12.7. The maximum absolute atomic E-state index is 12.8. The van der Waals surface area contributed by atoms with Gasteiger partial charge in [-0.2, -0.15) is 0 Å². The van der Waals surface area contributed by atoms with E-state index in [9.17, 15) is 19.2 Å². The summed E-state index contributed by atoms with van der Waals surface area (Å²) in [5.41, 5.74) is 11.4. The van der Waals surface area contributed by atoms with Gasteiger partial charge in [0.1, 0.15) is 12.1 Å². The van der Waals surface area contributed by atoms with Crippen LogP contribution in [-0.4, -0.2) is 48.3 Å². The molecule has 9 nitrogen and oxygen atoms in total. The molecule has 0 rings (SSSR count). The van der Waals surface area contributed by atoms with Crippen molar-refractivity contribution in [2.75, 3.05) is 6.54 Å². The Morgan fingerprint density at radius 3 is 1.68 bits per heavy atom. The fraction of sp³-hybridized carbons (Fsp3) is 0.857. The largest absolute Gasteiger partial charge is 0.368 e. The average Bonchev–Trinajstić information content (AvgIpc) is 2.86. The molecule has 216 valence electrons. The van der Waals surface area contributed by atoms with E-state index in [0.717, 1.165) is 64.2 Å². The minimum Gasteiger partial charge on any atom is -0.368 e. The fourth-order valence-electron chi connectivity index (χ4n) is 4.13. The summed E-state index contributed by atoms with van der Waals surface area (Å²) in [5.74, 6) is -1.31. The topological polar surface area (TPSA) is 156 Å². The summed E-state index contributed by atoms with van der Waals surface area (Å²) in [4.78, 5) is 49.5. The molecular weight excluding hydrogens is 470 g/mol. The maximum Gasteiger partial charge on any atom is 0.242 e. The molecule has 0 aliphatic carbocycles. The van der Waals surface area contributed by atoms with E-state index >= 15 is 0 Å². The first-order valence-corrected chi connectivity index (χ1v) is 14.6. The number of nitrogens with one attached hydrogen (secondary N) is 3. The van der Waals surface area contributed by atoms with Crippen LogP contribution < -0.4 is 27.4 Å². The zero-order chi connectivity index (χ0) is 28.1. The second-order valence-electron chi connectivity index (χ2n) is 10.3. The van der Waals surface area contributed by atoms with Crippen LogP contribution in [0.2, 0.25) is 0 Å². The van der Waals surface area contributed by atoms with Crippen LogP contribution in [0.3, 0.4) is 0 Å². The molecule has 0 aromatic heterocycles. The van der Waals surface area contributed by atoms with E-state index in [2.05, 4.69) is 36.7 Å². The Kier molecular flexibility index (Phi) is 20.6. The summed E-state index contributed by atoms with van der Waals surface area (Å²) in [7, 11) is 0. The molecular formula is C28H55N5O4. The number of rotatable bonds is 23. The Bertz CT molecular complexity index is 658. The number of hydrogen-bond acceptors (Lipinski definition) is 5. The maximum atomic E-state index is 12.8. The highest BCUT2D eigenvalue weighted by Gasteiger charge is 2.24. The van der Waals surface area contributed by atoms with E-state index in [1.54, 1.807) is 0 Å². The fourth-order valence-corrected chi connectivity index (χ4v) is 4.13. The number of carbonyl (C=O) groups is 4. The SMILES string of the molecule is CCCCCC(C)C(=O)NC(CCCCC)C(=O)NCCCCC(NC(=O)C(N)CCCCC)C(N)=O. The molecule has 0 saturated carbocycles. The lowest BCUT2D eigenvalue weighted by Gasteiger charge is -2.21. The van der Waals surface area contributed by atoms with Gasteiger partial charge < -0.3 is 27.4 Å². The molecule has 0 fully saturated rings. The zero-order valence-corrected chi connectivity index (χ0v) is 23.9. The van der Waals surface area contributed by atoms with E-state index < -0.39 is 24.0 Å². The summed E-state index contributed by atoms with van der Waals surface area (Å²) in [6, 6.07) is -1.97. The molecule has 37 heavy (non-hydrogen) atoms. The van der Waals surface area contributed by atoms with Crippen molar-refractivity contribution in [3.8, 4) is 0 Å². The van der Waals surface area contributed by atoms with Gasteiger partial charge in [-0.25, -0.2) is 0 Å². The van der Waals surface area contributed by atoms with Crippen molar-refractivity contribution in [2.45, 2.75) is 142 Å². The summed E-state index contributed by atoms with van der Waals surface area (Å²) in [6.45, 7) is 8.65. The lowest BCUT2D eigenvalue weighted by Crippen LogP contribution is -2.50. The lowest BCUT2D eigenvalue weighted by atomic mass is 10.0. The van der Waals surface area contributed by atoms with E-state index in [1.165, 1.54) is 0 Å². The Labute approximate surface area is 225 Å². The highest BCUT2D eigenvalue weighted by molar-refractivity contribution is 5.89. The van der Waals surface area contributed by atoms with Gasteiger partial charge in [-0.15, -0.1) is 0 Å². The van der Waals surface area contributed by atoms with Crippen molar-refractivity contribution >= 4 is 23.6 Å². The van der Waals surface area contributed by atoms with Gasteiger partial charge in [0.15, 0.2) is 0 Å². The molecule has 0 bridgehead atoms. The molecule has 0 aliphatic rings. The Morgan fingerprint density at radius 2 is 1.11 bits per heavy atom. The van der Waals surface area contributed by atoms with Gasteiger partial charge in [0.25, 0.3) is 0 Å². The van der Waals surface area contributed by atoms with Crippen LogP contribution in [-0.2, 0) is 19.2 Å². The molecule has 4 atom stereocenters. The highest BCUT2D eigenvalue weighted by Crippen LogP contribution is 2.11. The summed E-state index contributed by atoms with van der Waals surface area (Å²) < 4.78 is 0. The van der Waals surface area contributed by atoms with Crippen LogP contribution in [0, 0.1) is 5.92 Å². The average molecular weight is 526 g/mol. The van der Waals surface area contributed by atoms with Crippen LogP contribution in [0.4, 0.5) is 0 Å². The third-order valence-corrected chi connectivity index (χ3v) is 6.75. The molecule has 0 saturated heterocycles. The molecule has 0 aliphatic heterocycles. The van der Waals surface area contributed by atoms with Crippen molar-refractivity contribution in [3.05, 3.63) is 0 Å².